The summed E-state index contributed by atoms with van der Waals surface area (Å²) in [5.41, 5.74) is 0. The van der Waals surface area contributed by atoms with E-state index in [2.05, 4.69) is 6.92 Å². The summed E-state index contributed by atoms with van der Waals surface area (Å²) in [5.74, 6) is -0.179. The third-order valence-electron chi connectivity index (χ3n) is 8.70. The highest BCUT2D eigenvalue weighted by molar-refractivity contribution is 14.1. The minimum Gasteiger partial charge on any atom is -0.276 e. The molecular formula is C36H72INO2. The molecular weight excluding hydrogens is 605 g/mol. The first kappa shape index (κ1) is 40.2. The van der Waals surface area contributed by atoms with Gasteiger partial charge >= 0.3 is 0 Å². The number of carbonyl (C=O) groups is 1. The lowest BCUT2D eigenvalue weighted by atomic mass is 10.0. The van der Waals surface area contributed by atoms with Gasteiger partial charge in [-0.25, -0.2) is 0 Å². The van der Waals surface area contributed by atoms with Crippen molar-refractivity contribution in [3.63, 3.8) is 0 Å². The molecule has 0 unspecified atom stereocenters. The van der Waals surface area contributed by atoms with Gasteiger partial charge in [0.15, 0.2) is 0 Å². The molecule has 40 heavy (non-hydrogen) atoms. The van der Waals surface area contributed by atoms with E-state index in [0.717, 1.165) is 12.8 Å². The zero-order chi connectivity index (χ0) is 29.2. The van der Waals surface area contributed by atoms with Crippen LogP contribution in [0.2, 0.25) is 0 Å². The number of hydroxylamine groups is 1. The molecule has 0 atom stereocenters. The first-order chi connectivity index (χ1) is 19.7. The van der Waals surface area contributed by atoms with Crippen LogP contribution >= 0.6 is 22.9 Å². The summed E-state index contributed by atoms with van der Waals surface area (Å²) < 4.78 is 0.682. The minimum atomic E-state index is -0.179. The van der Waals surface area contributed by atoms with Crippen LogP contribution in [0.3, 0.4) is 0 Å². The number of carbonyl (C=O) groups excluding carboxylic acids is 1. The van der Waals surface area contributed by atoms with Gasteiger partial charge in [-0.05, 0) is 6.42 Å². The molecule has 0 aromatic heterocycles. The van der Waals surface area contributed by atoms with Crippen LogP contribution in [0.1, 0.15) is 225 Å². The van der Waals surface area contributed by atoms with E-state index in [1.807, 2.05) is 0 Å². The minimum absolute atomic E-state index is 0.179. The molecule has 0 saturated carbocycles. The maximum absolute atomic E-state index is 11.3. The molecule has 0 heterocycles. The van der Waals surface area contributed by atoms with Gasteiger partial charge in [-0.15, -0.1) is 0 Å². The van der Waals surface area contributed by atoms with Crippen LogP contribution in [0.5, 0.6) is 0 Å². The van der Waals surface area contributed by atoms with E-state index < -0.39 is 0 Å². The quantitative estimate of drug-likeness (QED) is 0.0242. The van der Waals surface area contributed by atoms with Crippen molar-refractivity contribution in [1.82, 2.24) is 3.28 Å². The predicted octanol–water partition coefficient (Wildman–Crippen LogP) is 13.8. The van der Waals surface area contributed by atoms with Crippen LogP contribution in [-0.4, -0.2) is 14.4 Å². The lowest BCUT2D eigenvalue weighted by molar-refractivity contribution is -0.141. The average Bonchev–Trinajstić information content (AvgIpc) is 2.95. The standard InChI is InChI=1S/C36H72INO2/c1-2-3-4-5-6-7-8-9-10-11-12-13-14-15-16-17-18-19-20-21-22-23-24-25-26-27-28-29-30-31-32-33-34-35-36(39)38(37)40/h40H,2-35H2,1H3. The molecule has 1 amide bonds. The number of nitrogens with zero attached hydrogens (tertiary/aromatic N) is 1. The van der Waals surface area contributed by atoms with Crippen LogP contribution in [0.4, 0.5) is 0 Å². The number of unbranched alkanes of at least 4 members (excludes halogenated alkanes) is 32. The third-order valence-corrected chi connectivity index (χ3v) is 9.24. The zero-order valence-electron chi connectivity index (χ0n) is 27.2. The Hall–Kier alpha value is 0.160. The van der Waals surface area contributed by atoms with Gasteiger partial charge in [-0.1, -0.05) is 212 Å². The highest BCUT2D eigenvalue weighted by Gasteiger charge is 2.05. The Bertz CT molecular complexity index is 485. The summed E-state index contributed by atoms with van der Waals surface area (Å²) in [7, 11) is 0. The lowest BCUT2D eigenvalue weighted by Gasteiger charge is -2.05. The molecule has 0 aromatic carbocycles. The summed E-state index contributed by atoms with van der Waals surface area (Å²) in [4.78, 5) is 11.3. The monoisotopic (exact) mass is 677 g/mol. The summed E-state index contributed by atoms with van der Waals surface area (Å²) in [6.07, 6.45) is 47.1. The van der Waals surface area contributed by atoms with Crippen molar-refractivity contribution < 1.29 is 10.0 Å². The van der Waals surface area contributed by atoms with Crippen LogP contribution < -0.4 is 0 Å². The molecule has 0 saturated heterocycles. The third kappa shape index (κ3) is 34.4. The number of hydrogen-bond acceptors (Lipinski definition) is 2. The molecule has 240 valence electrons. The Labute approximate surface area is 266 Å². The fourth-order valence-corrected chi connectivity index (χ4v) is 6.16. The zero-order valence-corrected chi connectivity index (χ0v) is 29.4. The number of hydrogen-bond donors (Lipinski definition) is 1. The van der Waals surface area contributed by atoms with E-state index >= 15 is 0 Å². The van der Waals surface area contributed by atoms with Gasteiger partial charge in [0.1, 0.15) is 0 Å². The van der Waals surface area contributed by atoms with Crippen LogP contribution in [0.15, 0.2) is 0 Å². The van der Waals surface area contributed by atoms with Gasteiger partial charge in [0.05, 0.1) is 22.9 Å². The Morgan fingerprint density at radius 1 is 0.400 bits per heavy atom. The fourth-order valence-electron chi connectivity index (χ4n) is 5.92. The van der Waals surface area contributed by atoms with Crippen molar-refractivity contribution in [2.24, 2.45) is 0 Å². The molecule has 4 heteroatoms. The predicted molar refractivity (Wildman–Crippen MR) is 185 cm³/mol. The molecule has 0 aromatic rings. The Morgan fingerprint density at radius 3 is 0.750 bits per heavy atom. The summed E-state index contributed by atoms with van der Waals surface area (Å²) in [5, 5.41) is 9.01. The molecule has 0 aliphatic rings. The molecule has 0 fully saturated rings. The lowest BCUT2D eigenvalue weighted by Crippen LogP contribution is -2.15. The van der Waals surface area contributed by atoms with E-state index in [9.17, 15) is 4.79 Å². The maximum atomic E-state index is 11.3. The Kier molecular flexibility index (Phi) is 35.5. The van der Waals surface area contributed by atoms with E-state index in [0.29, 0.717) is 9.70 Å². The molecule has 0 radical (unpaired) electrons. The van der Waals surface area contributed by atoms with Gasteiger partial charge in [0, 0.05) is 6.42 Å². The maximum Gasteiger partial charge on any atom is 0.255 e. The second-order valence-corrected chi connectivity index (χ2v) is 13.6. The normalized spacial score (nSPS) is 11.4. The van der Waals surface area contributed by atoms with E-state index in [1.165, 1.54) is 199 Å². The molecule has 1 N–H and O–H groups in total. The molecule has 0 rings (SSSR count). The Balaban J connectivity index is 3.05. The molecule has 0 bridgehead atoms. The van der Waals surface area contributed by atoms with Crippen LogP contribution in [0.25, 0.3) is 0 Å². The largest absolute Gasteiger partial charge is 0.276 e. The topological polar surface area (TPSA) is 40.5 Å². The molecule has 0 aliphatic carbocycles. The van der Waals surface area contributed by atoms with Gasteiger partial charge in [0.2, 0.25) is 0 Å². The van der Waals surface area contributed by atoms with Gasteiger partial charge in [0.25, 0.3) is 5.91 Å². The highest BCUT2D eigenvalue weighted by atomic mass is 127. The molecule has 0 aliphatic heterocycles. The highest BCUT2D eigenvalue weighted by Crippen LogP contribution is 2.17. The second kappa shape index (κ2) is 35.4. The van der Waals surface area contributed by atoms with Crippen molar-refractivity contribution in [2.75, 3.05) is 0 Å². The fraction of sp³-hybridized carbons (Fsp3) is 0.972. The smallest absolute Gasteiger partial charge is 0.255 e. The van der Waals surface area contributed by atoms with Crippen LogP contribution in [-0.2, 0) is 4.79 Å². The second-order valence-electron chi connectivity index (χ2n) is 12.7. The summed E-state index contributed by atoms with van der Waals surface area (Å²) in [6, 6.07) is 0. The van der Waals surface area contributed by atoms with Crippen molar-refractivity contribution in [3.05, 3.63) is 0 Å². The van der Waals surface area contributed by atoms with Crippen molar-refractivity contribution >= 4 is 28.8 Å². The molecule has 3 nitrogen and oxygen atoms in total. The van der Waals surface area contributed by atoms with Crippen molar-refractivity contribution in [3.8, 4) is 0 Å². The Morgan fingerprint density at radius 2 is 0.575 bits per heavy atom. The van der Waals surface area contributed by atoms with Crippen molar-refractivity contribution in [2.45, 2.75) is 225 Å². The van der Waals surface area contributed by atoms with Gasteiger partial charge < -0.3 is 0 Å². The number of amides is 1. The number of rotatable bonds is 34. The first-order valence-corrected chi connectivity index (χ1v) is 19.3. The van der Waals surface area contributed by atoms with Gasteiger partial charge in [-0.2, -0.15) is 3.28 Å². The van der Waals surface area contributed by atoms with Crippen LogP contribution in [0, 0.1) is 0 Å². The summed E-state index contributed by atoms with van der Waals surface area (Å²) >= 11 is 1.62. The average molecular weight is 678 g/mol. The SMILES string of the molecule is CCCCCCCCCCCCCCCCCCCCCCCCCCCCCCCCCCCC(=O)N(O)I. The van der Waals surface area contributed by atoms with Crippen molar-refractivity contribution in [1.29, 1.82) is 0 Å². The number of halogens is 1. The first-order valence-electron chi connectivity index (χ1n) is 18.4. The van der Waals surface area contributed by atoms with E-state index in [-0.39, 0.29) is 5.91 Å². The van der Waals surface area contributed by atoms with E-state index in [4.69, 9.17) is 5.21 Å². The van der Waals surface area contributed by atoms with E-state index in [1.54, 1.807) is 22.9 Å². The molecule has 0 spiro atoms. The summed E-state index contributed by atoms with van der Waals surface area (Å²) in [6.45, 7) is 2.30. The van der Waals surface area contributed by atoms with Gasteiger partial charge in [-0.3, -0.25) is 10.0 Å².